The molecule has 0 spiro atoms. The highest BCUT2D eigenvalue weighted by Gasteiger charge is 2.08. The summed E-state index contributed by atoms with van der Waals surface area (Å²) in [6, 6.07) is 4.11. The van der Waals surface area contributed by atoms with Gasteiger partial charge in [-0.25, -0.2) is 9.50 Å². The van der Waals surface area contributed by atoms with Crippen LogP contribution in [0, 0.1) is 6.92 Å². The molecule has 2 rings (SSSR count). The van der Waals surface area contributed by atoms with E-state index < -0.39 is 0 Å². The van der Waals surface area contributed by atoms with E-state index in [0.29, 0.717) is 0 Å². The minimum Gasteiger partial charge on any atom is -0.355 e. The summed E-state index contributed by atoms with van der Waals surface area (Å²) in [4.78, 5) is 6.63. The maximum absolute atomic E-state index is 4.66. The number of aryl methyl sites for hydroxylation is 1. The van der Waals surface area contributed by atoms with Crippen LogP contribution in [0.5, 0.6) is 0 Å². The van der Waals surface area contributed by atoms with Gasteiger partial charge in [-0.15, -0.1) is 5.10 Å². The summed E-state index contributed by atoms with van der Waals surface area (Å²) in [6.07, 6.45) is 5.62. The maximum atomic E-state index is 4.66. The average Bonchev–Trinajstić information content (AvgIpc) is 2.76. The topological polar surface area (TPSA) is 33.4 Å². The molecule has 0 saturated carbocycles. The first-order valence-electron chi connectivity index (χ1n) is 6.82. The zero-order valence-corrected chi connectivity index (χ0v) is 11.6. The van der Waals surface area contributed by atoms with Crippen LogP contribution in [0.15, 0.2) is 18.3 Å². The van der Waals surface area contributed by atoms with Gasteiger partial charge in [-0.3, -0.25) is 0 Å². The summed E-state index contributed by atoms with van der Waals surface area (Å²) in [5.41, 5.74) is 2.00. The van der Waals surface area contributed by atoms with E-state index in [0.717, 1.165) is 30.2 Å². The fraction of sp³-hybridized carbons (Fsp3) is 0.571. The van der Waals surface area contributed by atoms with Gasteiger partial charge in [0.05, 0.1) is 11.9 Å². The molecule has 0 fully saturated rings. The second-order valence-electron chi connectivity index (χ2n) is 4.65. The Kier molecular flexibility index (Phi) is 4.18. The first-order valence-corrected chi connectivity index (χ1v) is 6.82. The van der Waals surface area contributed by atoms with Gasteiger partial charge >= 0.3 is 0 Å². The van der Waals surface area contributed by atoms with Crippen LogP contribution >= 0.6 is 0 Å². The van der Waals surface area contributed by atoms with Crippen LogP contribution < -0.4 is 4.90 Å². The zero-order valence-electron chi connectivity index (χ0n) is 11.6. The summed E-state index contributed by atoms with van der Waals surface area (Å²) >= 11 is 0. The largest absolute Gasteiger partial charge is 0.355 e. The van der Waals surface area contributed by atoms with Crippen LogP contribution in [0.25, 0.3) is 5.65 Å². The van der Waals surface area contributed by atoms with Crippen molar-refractivity contribution in [3.63, 3.8) is 0 Å². The maximum Gasteiger partial charge on any atom is 0.153 e. The molecule has 0 saturated heterocycles. The Hall–Kier alpha value is -1.58. The van der Waals surface area contributed by atoms with Crippen molar-refractivity contribution in [1.82, 2.24) is 14.6 Å². The van der Waals surface area contributed by atoms with E-state index in [9.17, 15) is 0 Å². The molecular formula is C14H22N4. The molecule has 0 N–H and O–H groups in total. The van der Waals surface area contributed by atoms with Crippen molar-refractivity contribution in [2.45, 2.75) is 40.0 Å². The number of hydrogen-bond donors (Lipinski definition) is 0. The summed E-state index contributed by atoms with van der Waals surface area (Å²) in [7, 11) is 0. The Morgan fingerprint density at radius 3 is 2.78 bits per heavy atom. The number of hydrogen-bond acceptors (Lipinski definition) is 3. The number of unbranched alkanes of at least 4 members (excludes halogenated alkanes) is 2. The van der Waals surface area contributed by atoms with Gasteiger partial charge in [0.15, 0.2) is 5.65 Å². The molecule has 2 aromatic heterocycles. The van der Waals surface area contributed by atoms with Crippen molar-refractivity contribution in [1.29, 1.82) is 0 Å². The molecule has 4 heteroatoms. The highest BCUT2D eigenvalue weighted by Crippen LogP contribution is 2.14. The highest BCUT2D eigenvalue weighted by atomic mass is 15.3. The van der Waals surface area contributed by atoms with Gasteiger partial charge in [0.1, 0.15) is 5.82 Å². The number of fused-ring (bicyclic) bond motifs is 1. The number of imidazole rings is 1. The first-order chi connectivity index (χ1) is 8.76. The van der Waals surface area contributed by atoms with Gasteiger partial charge < -0.3 is 4.90 Å². The quantitative estimate of drug-likeness (QED) is 0.734. The summed E-state index contributed by atoms with van der Waals surface area (Å²) in [5, 5.41) is 4.66. The lowest BCUT2D eigenvalue weighted by Gasteiger charge is -2.21. The van der Waals surface area contributed by atoms with Crippen LogP contribution in [0.3, 0.4) is 0 Å². The van der Waals surface area contributed by atoms with E-state index >= 15 is 0 Å². The molecule has 0 aliphatic heterocycles. The molecule has 0 unspecified atom stereocenters. The summed E-state index contributed by atoms with van der Waals surface area (Å²) in [5.74, 6) is 1.04. The first kappa shape index (κ1) is 12.9. The smallest absolute Gasteiger partial charge is 0.153 e. The molecule has 0 bridgehead atoms. The number of rotatable bonds is 6. The van der Waals surface area contributed by atoms with Crippen molar-refractivity contribution < 1.29 is 0 Å². The lowest BCUT2D eigenvalue weighted by atomic mass is 10.2. The van der Waals surface area contributed by atoms with Crippen molar-refractivity contribution >= 4 is 11.5 Å². The Bertz CT molecular complexity index is 503. The molecule has 0 aliphatic rings. The molecule has 0 aromatic carbocycles. The molecule has 4 nitrogen and oxygen atoms in total. The molecule has 98 valence electrons. The zero-order chi connectivity index (χ0) is 13.0. The molecular weight excluding hydrogens is 224 g/mol. The van der Waals surface area contributed by atoms with Gasteiger partial charge in [-0.2, -0.15) is 0 Å². The SMILES string of the molecule is CCCCCN(CC)c1ccc2ncc(C)n2n1. The third-order valence-electron chi connectivity index (χ3n) is 3.26. The Labute approximate surface area is 109 Å². The van der Waals surface area contributed by atoms with E-state index in [1.165, 1.54) is 19.3 Å². The monoisotopic (exact) mass is 246 g/mol. The lowest BCUT2D eigenvalue weighted by molar-refractivity contribution is 0.674. The molecule has 2 aromatic rings. The molecule has 0 atom stereocenters. The second-order valence-corrected chi connectivity index (χ2v) is 4.65. The van der Waals surface area contributed by atoms with Gasteiger partial charge in [0.25, 0.3) is 0 Å². The Morgan fingerprint density at radius 2 is 2.06 bits per heavy atom. The third kappa shape index (κ3) is 2.63. The van der Waals surface area contributed by atoms with Crippen molar-refractivity contribution in [3.8, 4) is 0 Å². The van der Waals surface area contributed by atoms with Gasteiger partial charge in [-0.05, 0) is 32.4 Å². The summed E-state index contributed by atoms with van der Waals surface area (Å²) in [6.45, 7) is 8.52. The minimum atomic E-state index is 0.917. The molecule has 0 radical (unpaired) electrons. The van der Waals surface area contributed by atoms with Crippen LogP contribution in [0.4, 0.5) is 5.82 Å². The van der Waals surface area contributed by atoms with E-state index in [-0.39, 0.29) is 0 Å². The van der Waals surface area contributed by atoms with E-state index in [2.05, 4.69) is 34.9 Å². The van der Waals surface area contributed by atoms with E-state index in [4.69, 9.17) is 0 Å². The lowest BCUT2D eigenvalue weighted by Crippen LogP contribution is -2.25. The standard InChI is InChI=1S/C14H22N4/c1-4-6-7-10-17(5-2)14-9-8-13-15-11-12(3)18(13)16-14/h8-9,11H,4-7,10H2,1-3H3. The predicted octanol–water partition coefficient (Wildman–Crippen LogP) is 3.05. The van der Waals surface area contributed by atoms with Gasteiger partial charge in [-0.1, -0.05) is 19.8 Å². The predicted molar refractivity (Wildman–Crippen MR) is 75.1 cm³/mol. The number of nitrogens with zero attached hydrogens (tertiary/aromatic N) is 4. The average molecular weight is 246 g/mol. The van der Waals surface area contributed by atoms with Crippen molar-refractivity contribution in [3.05, 3.63) is 24.0 Å². The second kappa shape index (κ2) is 5.85. The van der Waals surface area contributed by atoms with Crippen LogP contribution in [0.2, 0.25) is 0 Å². The Morgan fingerprint density at radius 1 is 1.22 bits per heavy atom. The van der Waals surface area contributed by atoms with E-state index in [1.54, 1.807) is 0 Å². The fourth-order valence-electron chi connectivity index (χ4n) is 2.13. The van der Waals surface area contributed by atoms with Crippen LogP contribution in [-0.4, -0.2) is 27.7 Å². The Balaban J connectivity index is 2.19. The minimum absolute atomic E-state index is 0.917. The third-order valence-corrected chi connectivity index (χ3v) is 3.26. The highest BCUT2D eigenvalue weighted by molar-refractivity contribution is 5.46. The molecule has 0 amide bonds. The number of aromatic nitrogens is 3. The van der Waals surface area contributed by atoms with Crippen LogP contribution in [-0.2, 0) is 0 Å². The molecule has 0 aliphatic carbocycles. The molecule has 2 heterocycles. The van der Waals surface area contributed by atoms with E-state index in [1.807, 2.05) is 23.7 Å². The van der Waals surface area contributed by atoms with Crippen LogP contribution in [0.1, 0.15) is 38.8 Å². The van der Waals surface area contributed by atoms with Gasteiger partial charge in [0.2, 0.25) is 0 Å². The molecule has 18 heavy (non-hydrogen) atoms. The van der Waals surface area contributed by atoms with Crippen molar-refractivity contribution in [2.24, 2.45) is 0 Å². The normalized spacial score (nSPS) is 11.1. The van der Waals surface area contributed by atoms with Crippen molar-refractivity contribution in [2.75, 3.05) is 18.0 Å². The number of anilines is 1. The fourth-order valence-corrected chi connectivity index (χ4v) is 2.13. The van der Waals surface area contributed by atoms with Gasteiger partial charge in [0, 0.05) is 13.1 Å². The summed E-state index contributed by atoms with van der Waals surface area (Å²) < 4.78 is 1.91.